The fourth-order valence-corrected chi connectivity index (χ4v) is 10.1. The van der Waals surface area contributed by atoms with E-state index in [0.29, 0.717) is 109 Å². The van der Waals surface area contributed by atoms with Crippen LogP contribution >= 0.6 is 23.2 Å². The number of anilines is 2. The minimum atomic E-state index is -0.367. The summed E-state index contributed by atoms with van der Waals surface area (Å²) in [6.45, 7) is 16.2. The Kier molecular flexibility index (Phi) is 33.5. The quantitative estimate of drug-likeness (QED) is 0.0363. The highest BCUT2D eigenvalue weighted by molar-refractivity contribution is 6.31. The molecule has 9 aromatic rings. The number of ether oxygens (including phenoxy) is 11. The van der Waals surface area contributed by atoms with Gasteiger partial charge in [-0.05, 0) is 144 Å². The van der Waals surface area contributed by atoms with E-state index >= 15 is 0 Å². The van der Waals surface area contributed by atoms with Gasteiger partial charge in [-0.25, -0.2) is 19.7 Å². The molecule has 0 spiro atoms. The van der Waals surface area contributed by atoms with Gasteiger partial charge in [0.05, 0.1) is 98.8 Å². The Morgan fingerprint density at radius 1 is 0.608 bits per heavy atom. The Balaban J connectivity index is 0.000000230. The van der Waals surface area contributed by atoms with Crippen LogP contribution in [0.2, 0.25) is 10.0 Å². The molecule has 548 valence electrons. The van der Waals surface area contributed by atoms with Crippen molar-refractivity contribution in [1.82, 2.24) is 39.3 Å². The summed E-state index contributed by atoms with van der Waals surface area (Å²) in [5, 5.41) is 7.50. The van der Waals surface area contributed by atoms with E-state index in [9.17, 15) is 19.2 Å². The molecule has 102 heavy (non-hydrogen) atoms. The SMILES string of the molecule is CCOC(=O)/C(=C\N(C)C)c1ccc(OC)c(OC)c1.CCOC(=O)Cc1ccc(OC)c(OC)c1.CNC(C)OC(C)(C)C.COc1ccc(-c2cnc3cc(Cl)ccn3c2=O)cc1OC.COc1ccc(-c2cnc3cc(N4CCNCC4)ccn3c2=O)cc1OC.Nc1cc(Cl)ccn1. The molecule has 1 atom stereocenters. The van der Waals surface area contributed by atoms with Crippen LogP contribution in [-0.4, -0.2) is 170 Å². The number of nitrogens with zero attached hydrogens (tertiary/aromatic N) is 7. The molecule has 1 unspecified atom stereocenters. The van der Waals surface area contributed by atoms with E-state index in [1.54, 1.807) is 196 Å². The summed E-state index contributed by atoms with van der Waals surface area (Å²) < 4.78 is 60.2. The first-order chi connectivity index (χ1) is 48.8. The van der Waals surface area contributed by atoms with Crippen molar-refractivity contribution in [2.24, 2.45) is 0 Å². The molecule has 1 aliphatic heterocycles. The Morgan fingerprint density at radius 3 is 1.53 bits per heavy atom. The molecule has 5 aromatic heterocycles. The molecule has 4 N–H and O–H groups in total. The van der Waals surface area contributed by atoms with E-state index in [4.69, 9.17) is 81.0 Å². The van der Waals surface area contributed by atoms with Crippen LogP contribution in [0.4, 0.5) is 11.5 Å². The molecule has 0 aliphatic carbocycles. The fourth-order valence-electron chi connectivity index (χ4n) is 9.73. The van der Waals surface area contributed by atoms with Crippen LogP contribution in [0.25, 0.3) is 39.1 Å². The van der Waals surface area contributed by atoms with Gasteiger partial charge in [0.25, 0.3) is 11.1 Å². The van der Waals surface area contributed by atoms with Gasteiger partial charge in [-0.2, -0.15) is 0 Å². The first-order valence-corrected chi connectivity index (χ1v) is 33.0. The highest BCUT2D eigenvalue weighted by Gasteiger charge is 2.19. The number of pyridine rings is 3. The molecular weight excluding hydrogens is 1350 g/mol. The van der Waals surface area contributed by atoms with Gasteiger partial charge >= 0.3 is 11.9 Å². The molecule has 1 saturated heterocycles. The Hall–Kier alpha value is -10.3. The van der Waals surface area contributed by atoms with Crippen molar-refractivity contribution in [3.05, 3.63) is 188 Å². The summed E-state index contributed by atoms with van der Waals surface area (Å²) in [7, 11) is 18.1. The molecule has 0 saturated carbocycles. The van der Waals surface area contributed by atoms with Gasteiger partial charge < -0.3 is 73.0 Å². The van der Waals surface area contributed by atoms with Gasteiger partial charge in [0.1, 0.15) is 23.3 Å². The average Bonchev–Trinajstić information content (AvgIpc) is 0.786. The third-order valence-corrected chi connectivity index (χ3v) is 15.1. The lowest BCUT2D eigenvalue weighted by Crippen LogP contribution is -2.43. The van der Waals surface area contributed by atoms with Crippen LogP contribution < -0.4 is 70.3 Å². The summed E-state index contributed by atoms with van der Waals surface area (Å²) in [4.78, 5) is 65.5. The molecule has 27 heteroatoms. The molecular formula is C75H94Cl2N10O15. The number of halogens is 2. The molecule has 4 aromatic carbocycles. The Bertz CT molecular complexity index is 4310. The number of hydrogen-bond acceptors (Lipinski definition) is 23. The van der Waals surface area contributed by atoms with Crippen molar-refractivity contribution in [2.45, 2.75) is 59.8 Å². The van der Waals surface area contributed by atoms with E-state index in [0.717, 1.165) is 48.6 Å². The second-order valence-corrected chi connectivity index (χ2v) is 23.9. The van der Waals surface area contributed by atoms with Crippen molar-refractivity contribution >= 4 is 63.5 Å². The number of piperazine rings is 1. The number of benzene rings is 4. The first kappa shape index (κ1) is 82.4. The molecule has 0 bridgehead atoms. The Labute approximate surface area is 605 Å². The standard InChI is InChI=1S/C20H22N4O3.C16H13ClN2O3.C15H21NO4.C12H16O4.C7H17NO.C5H5ClN2/c1-26-17-4-3-14(11-18(17)27-2)16-13-22-19-12-15(5-8-24(19)20(16)25)23-9-6-21-7-10-23;1-21-13-4-3-10(7-14(13)22-2)12-9-18-15-8-11(17)5-6-19(15)16(12)20;1-6-20-15(17)12(10-16(2)3)11-7-8-13(18-4)14(9-11)19-5;1-4-16-12(13)8-9-5-6-10(14-2)11(7-9)15-3;1-6(8-5)9-7(2,3)4;6-4-1-2-8-5(7)3-4/h3-5,8,11-13,21H,6-7,9-10H2,1-2H3;3-9H,1-2H3;7-10H,6H2,1-5H3;5-7H,4,8H2,1-3H3;6,8H,1-5H3;1-3H,(H2,7,8)/b;;12-10-;;;. The minimum Gasteiger partial charge on any atom is -0.493 e. The largest absolute Gasteiger partial charge is 0.493 e. The number of rotatable bonds is 20. The van der Waals surface area contributed by atoms with Crippen molar-refractivity contribution < 1.29 is 61.7 Å². The number of fused-ring (bicyclic) bond motifs is 2. The summed E-state index contributed by atoms with van der Waals surface area (Å²) in [5.41, 5.74) is 11.6. The second kappa shape index (κ2) is 41.4. The van der Waals surface area contributed by atoms with Crippen LogP contribution in [0.5, 0.6) is 46.0 Å². The third-order valence-electron chi connectivity index (χ3n) is 14.6. The molecule has 0 radical (unpaired) electrons. The van der Waals surface area contributed by atoms with Gasteiger partial charge in [0.2, 0.25) is 0 Å². The van der Waals surface area contributed by atoms with Crippen LogP contribution in [0.1, 0.15) is 52.7 Å². The lowest BCUT2D eigenvalue weighted by atomic mass is 10.1. The monoisotopic (exact) mass is 1440 g/mol. The predicted octanol–water partition coefficient (Wildman–Crippen LogP) is 11.5. The molecule has 6 heterocycles. The fraction of sp³-hybridized carbons (Fsp3) is 0.347. The topological polar surface area (TPSA) is 274 Å². The zero-order chi connectivity index (χ0) is 75.1. The zero-order valence-corrected chi connectivity index (χ0v) is 62.5. The van der Waals surface area contributed by atoms with Crippen LogP contribution in [0, 0.1) is 0 Å². The molecule has 25 nitrogen and oxygen atoms in total. The Morgan fingerprint density at radius 2 is 1.08 bits per heavy atom. The second-order valence-electron chi connectivity index (χ2n) is 23.0. The lowest BCUT2D eigenvalue weighted by Gasteiger charge is -2.29. The van der Waals surface area contributed by atoms with E-state index in [1.165, 1.54) is 10.6 Å². The van der Waals surface area contributed by atoms with Crippen molar-refractivity contribution in [2.75, 3.05) is 128 Å². The predicted molar refractivity (Wildman–Crippen MR) is 401 cm³/mol. The highest BCUT2D eigenvalue weighted by atomic mass is 35.5. The van der Waals surface area contributed by atoms with E-state index in [1.807, 2.05) is 73.1 Å². The first-order valence-electron chi connectivity index (χ1n) is 32.3. The normalized spacial score (nSPS) is 11.9. The summed E-state index contributed by atoms with van der Waals surface area (Å²) in [6.07, 6.45) is 10.2. The number of hydrogen-bond donors (Lipinski definition) is 3. The molecule has 1 aliphatic rings. The number of nitrogens with one attached hydrogen (secondary N) is 2. The number of aromatic nitrogens is 5. The van der Waals surface area contributed by atoms with Gasteiger partial charge in [0.15, 0.2) is 46.0 Å². The molecule has 10 rings (SSSR count). The smallest absolute Gasteiger partial charge is 0.340 e. The number of methoxy groups -OCH3 is 8. The van der Waals surface area contributed by atoms with Gasteiger partial charge in [-0.3, -0.25) is 28.5 Å². The van der Waals surface area contributed by atoms with Crippen LogP contribution in [0.15, 0.2) is 156 Å². The highest BCUT2D eigenvalue weighted by Crippen LogP contribution is 2.34. The minimum absolute atomic E-state index is 0.0393. The number of nitrogens with two attached hydrogens (primary N) is 1. The molecule has 1 fully saturated rings. The molecule has 0 amide bonds. The number of carbonyl (C=O) groups is 2. The van der Waals surface area contributed by atoms with Crippen molar-refractivity contribution in [3.8, 4) is 68.2 Å². The zero-order valence-electron chi connectivity index (χ0n) is 61.0. The van der Waals surface area contributed by atoms with Crippen LogP contribution in [-0.2, 0) is 30.2 Å². The average molecular weight is 1450 g/mol. The summed E-state index contributed by atoms with van der Waals surface area (Å²) >= 11 is 11.4. The number of carbonyl (C=O) groups excluding carboxylic acids is 2. The van der Waals surface area contributed by atoms with E-state index < -0.39 is 0 Å². The third kappa shape index (κ3) is 24.8. The lowest BCUT2D eigenvalue weighted by molar-refractivity contribution is -0.142. The van der Waals surface area contributed by atoms with Gasteiger partial charge in [-0.1, -0.05) is 47.5 Å². The maximum Gasteiger partial charge on any atom is 0.340 e. The van der Waals surface area contributed by atoms with Crippen molar-refractivity contribution in [1.29, 1.82) is 0 Å². The van der Waals surface area contributed by atoms with E-state index in [2.05, 4.69) is 30.5 Å². The summed E-state index contributed by atoms with van der Waals surface area (Å²) in [6, 6.07) is 31.9. The maximum atomic E-state index is 13.0. The number of nitrogen functional groups attached to an aromatic ring is 1. The maximum absolute atomic E-state index is 13.0. The van der Waals surface area contributed by atoms with Crippen LogP contribution in [0.3, 0.4) is 0 Å². The van der Waals surface area contributed by atoms with Gasteiger partial charge in [-0.15, -0.1) is 0 Å². The number of esters is 2. The van der Waals surface area contributed by atoms with E-state index in [-0.39, 0.29) is 41.3 Å². The van der Waals surface area contributed by atoms with Gasteiger partial charge in [0, 0.05) is 105 Å². The summed E-state index contributed by atoms with van der Waals surface area (Å²) in [5.74, 6) is 4.65. The van der Waals surface area contributed by atoms with Crippen molar-refractivity contribution in [3.63, 3.8) is 0 Å².